The van der Waals surface area contributed by atoms with Gasteiger partial charge in [0.25, 0.3) is 0 Å². The Kier molecular flexibility index (Phi) is 6.97. The first kappa shape index (κ1) is 18.3. The lowest BCUT2D eigenvalue weighted by Gasteiger charge is -2.35. The van der Waals surface area contributed by atoms with Crippen molar-refractivity contribution in [1.29, 1.82) is 0 Å². The van der Waals surface area contributed by atoms with Gasteiger partial charge in [-0.05, 0) is 30.5 Å². The van der Waals surface area contributed by atoms with Crippen molar-refractivity contribution >= 4 is 17.7 Å². The molecule has 1 heterocycles. The van der Waals surface area contributed by atoms with Crippen molar-refractivity contribution in [2.24, 2.45) is 5.92 Å². The summed E-state index contributed by atoms with van der Waals surface area (Å²) in [4.78, 5) is 15.9. The van der Waals surface area contributed by atoms with Gasteiger partial charge >= 0.3 is 0 Å². The van der Waals surface area contributed by atoms with Crippen molar-refractivity contribution in [2.45, 2.75) is 56.8 Å². The van der Waals surface area contributed by atoms with E-state index < -0.39 is 0 Å². The molecule has 1 atom stereocenters. The first-order valence-electron chi connectivity index (χ1n) is 8.72. The summed E-state index contributed by atoms with van der Waals surface area (Å²) in [6.07, 6.45) is 1.83. The third-order valence-electron chi connectivity index (χ3n) is 4.34. The summed E-state index contributed by atoms with van der Waals surface area (Å²) in [5.41, 5.74) is 1.17. The van der Waals surface area contributed by atoms with E-state index in [0.29, 0.717) is 24.9 Å². The van der Waals surface area contributed by atoms with Crippen molar-refractivity contribution in [2.75, 3.05) is 19.7 Å². The van der Waals surface area contributed by atoms with Gasteiger partial charge in [-0.2, -0.15) is 0 Å². The number of rotatable bonds is 6. The number of ether oxygens (including phenoxy) is 1. The third kappa shape index (κ3) is 4.98. The summed E-state index contributed by atoms with van der Waals surface area (Å²) in [5, 5.41) is 0.583. The fourth-order valence-corrected chi connectivity index (χ4v) is 3.82. The van der Waals surface area contributed by atoms with Crippen LogP contribution in [0.1, 0.15) is 52.2 Å². The van der Waals surface area contributed by atoms with E-state index in [1.165, 1.54) is 10.5 Å². The van der Waals surface area contributed by atoms with E-state index in [0.717, 1.165) is 12.8 Å². The molecule has 4 heteroatoms. The van der Waals surface area contributed by atoms with E-state index in [1.807, 2.05) is 16.7 Å². The SMILES string of the molecule is CCC(CC)C(=O)N1CCOC(c2ccc(SC(C)C)cc2)C1. The van der Waals surface area contributed by atoms with Crippen LogP contribution in [0.3, 0.4) is 0 Å². The molecule has 0 spiro atoms. The molecule has 1 aromatic carbocycles. The molecule has 1 unspecified atom stereocenters. The number of carbonyl (C=O) groups is 1. The average Bonchev–Trinajstić information content (AvgIpc) is 2.56. The highest BCUT2D eigenvalue weighted by Crippen LogP contribution is 2.28. The number of hydrogen-bond donors (Lipinski definition) is 0. The minimum Gasteiger partial charge on any atom is -0.370 e. The number of benzene rings is 1. The van der Waals surface area contributed by atoms with Gasteiger partial charge < -0.3 is 9.64 Å². The fourth-order valence-electron chi connectivity index (χ4n) is 2.98. The van der Waals surface area contributed by atoms with Crippen LogP contribution in [0.15, 0.2) is 29.2 Å². The lowest BCUT2D eigenvalue weighted by molar-refractivity contribution is -0.143. The third-order valence-corrected chi connectivity index (χ3v) is 5.35. The molecular weight excluding hydrogens is 306 g/mol. The minimum atomic E-state index is 0.000150. The molecule has 128 valence electrons. The fraction of sp³-hybridized carbons (Fsp3) is 0.632. The van der Waals surface area contributed by atoms with E-state index in [-0.39, 0.29) is 17.9 Å². The highest BCUT2D eigenvalue weighted by Gasteiger charge is 2.28. The number of morpholine rings is 1. The molecule has 1 amide bonds. The Labute approximate surface area is 144 Å². The molecule has 1 aromatic rings. The van der Waals surface area contributed by atoms with Gasteiger partial charge in [-0.15, -0.1) is 11.8 Å². The first-order valence-corrected chi connectivity index (χ1v) is 9.60. The van der Waals surface area contributed by atoms with Crippen LogP contribution in [-0.4, -0.2) is 35.8 Å². The maximum atomic E-state index is 12.6. The summed E-state index contributed by atoms with van der Waals surface area (Å²) in [5.74, 6) is 0.439. The van der Waals surface area contributed by atoms with Gasteiger partial charge in [-0.1, -0.05) is 39.8 Å². The molecule has 0 aliphatic carbocycles. The lowest BCUT2D eigenvalue weighted by Crippen LogP contribution is -2.44. The molecule has 0 aromatic heterocycles. The molecule has 2 rings (SSSR count). The maximum Gasteiger partial charge on any atom is 0.225 e. The molecule has 1 aliphatic heterocycles. The van der Waals surface area contributed by atoms with E-state index in [1.54, 1.807) is 0 Å². The summed E-state index contributed by atoms with van der Waals surface area (Å²) in [6, 6.07) is 8.59. The van der Waals surface area contributed by atoms with Crippen molar-refractivity contribution in [3.05, 3.63) is 29.8 Å². The zero-order valence-electron chi connectivity index (χ0n) is 14.7. The van der Waals surface area contributed by atoms with E-state index in [9.17, 15) is 4.79 Å². The second-order valence-electron chi connectivity index (χ2n) is 6.39. The zero-order valence-corrected chi connectivity index (χ0v) is 15.6. The Morgan fingerprint density at radius 2 is 1.91 bits per heavy atom. The van der Waals surface area contributed by atoms with Crippen molar-refractivity contribution < 1.29 is 9.53 Å². The molecule has 1 aliphatic rings. The van der Waals surface area contributed by atoms with Crippen LogP contribution in [0.4, 0.5) is 0 Å². The number of amides is 1. The van der Waals surface area contributed by atoms with Gasteiger partial charge in [0.05, 0.1) is 13.2 Å². The average molecular weight is 336 g/mol. The largest absolute Gasteiger partial charge is 0.370 e. The highest BCUT2D eigenvalue weighted by atomic mass is 32.2. The Morgan fingerprint density at radius 3 is 2.48 bits per heavy atom. The quantitative estimate of drug-likeness (QED) is 0.716. The first-order chi connectivity index (χ1) is 11.0. The number of hydrogen-bond acceptors (Lipinski definition) is 3. The van der Waals surface area contributed by atoms with Crippen molar-refractivity contribution in [1.82, 2.24) is 4.90 Å². The molecule has 0 N–H and O–H groups in total. The lowest BCUT2D eigenvalue weighted by atomic mass is 10.0. The molecule has 23 heavy (non-hydrogen) atoms. The van der Waals surface area contributed by atoms with Crippen LogP contribution >= 0.6 is 11.8 Å². The maximum absolute atomic E-state index is 12.6. The minimum absolute atomic E-state index is 0.000150. The van der Waals surface area contributed by atoms with Crippen LogP contribution < -0.4 is 0 Å². The van der Waals surface area contributed by atoms with Crippen molar-refractivity contribution in [3.63, 3.8) is 0 Å². The Morgan fingerprint density at radius 1 is 1.26 bits per heavy atom. The Bertz CT molecular complexity index is 497. The van der Waals surface area contributed by atoms with Gasteiger partial charge in [-0.25, -0.2) is 0 Å². The molecule has 1 fully saturated rings. The van der Waals surface area contributed by atoms with Crippen LogP contribution in [-0.2, 0) is 9.53 Å². The number of thioether (sulfide) groups is 1. The van der Waals surface area contributed by atoms with E-state index in [2.05, 4.69) is 52.0 Å². The molecule has 1 saturated heterocycles. The van der Waals surface area contributed by atoms with Crippen LogP contribution in [0.25, 0.3) is 0 Å². The van der Waals surface area contributed by atoms with Gasteiger partial charge in [0.1, 0.15) is 6.10 Å². The molecule has 0 radical (unpaired) electrons. The van der Waals surface area contributed by atoms with E-state index >= 15 is 0 Å². The second kappa shape index (κ2) is 8.74. The molecule has 3 nitrogen and oxygen atoms in total. The Balaban J connectivity index is 2.01. The summed E-state index contributed by atoms with van der Waals surface area (Å²) < 4.78 is 5.91. The highest BCUT2D eigenvalue weighted by molar-refractivity contribution is 7.99. The normalized spacial score (nSPS) is 18.7. The Hall–Kier alpha value is -1.00. The predicted molar refractivity (Wildman–Crippen MR) is 96.8 cm³/mol. The molecular formula is C19H29NO2S. The zero-order chi connectivity index (χ0) is 16.8. The van der Waals surface area contributed by atoms with Gasteiger partial charge in [0.2, 0.25) is 5.91 Å². The second-order valence-corrected chi connectivity index (χ2v) is 8.04. The summed E-state index contributed by atoms with van der Waals surface area (Å²) >= 11 is 1.86. The predicted octanol–water partition coefficient (Wildman–Crippen LogP) is 4.52. The van der Waals surface area contributed by atoms with Crippen LogP contribution in [0, 0.1) is 5.92 Å². The molecule has 0 bridgehead atoms. The van der Waals surface area contributed by atoms with E-state index in [4.69, 9.17) is 4.74 Å². The summed E-state index contributed by atoms with van der Waals surface area (Å²) in [6.45, 7) is 10.6. The number of nitrogens with zero attached hydrogens (tertiary/aromatic N) is 1. The topological polar surface area (TPSA) is 29.5 Å². The van der Waals surface area contributed by atoms with Gasteiger partial charge in [-0.3, -0.25) is 4.79 Å². The van der Waals surface area contributed by atoms with Crippen LogP contribution in [0.5, 0.6) is 0 Å². The van der Waals surface area contributed by atoms with Crippen molar-refractivity contribution in [3.8, 4) is 0 Å². The smallest absolute Gasteiger partial charge is 0.225 e. The van der Waals surface area contributed by atoms with Gasteiger partial charge in [0.15, 0.2) is 0 Å². The monoisotopic (exact) mass is 335 g/mol. The van der Waals surface area contributed by atoms with Crippen LogP contribution in [0.2, 0.25) is 0 Å². The number of carbonyl (C=O) groups excluding carboxylic acids is 1. The van der Waals surface area contributed by atoms with Gasteiger partial charge in [0, 0.05) is 22.6 Å². The molecule has 0 saturated carbocycles. The summed E-state index contributed by atoms with van der Waals surface area (Å²) in [7, 11) is 0. The standard InChI is InChI=1S/C19H29NO2S/c1-5-15(6-2)19(21)20-11-12-22-18(13-20)16-7-9-17(10-8-16)23-14(3)4/h7-10,14-15,18H,5-6,11-13H2,1-4H3.